The minimum Gasteiger partial charge on any atom is -0.488 e. The summed E-state index contributed by atoms with van der Waals surface area (Å²) in [6.45, 7) is 10.3. The highest BCUT2D eigenvalue weighted by Gasteiger charge is 2.55. The standard InChI is InChI=1S/C39H45F2N7O6/c1-26(2)48-35(27(3)39(50)23-53-39)19-47(37(48)49)31-7-5-29(6-8-31)44-14-16-45(17-15-44)30-9-11-32(12-10-30)51-20-36-52-22-38(54-36,21-46-25-42-24-43-46)33-13-4-28(40)18-34(33)41/h4-13,18,24-27,35-36,50H,14-17,19-23H2,1-3H3/t27?,35?,36-,38+,39?/m0/s1. The van der Waals surface area contributed by atoms with E-state index in [0.29, 0.717) is 18.9 Å². The first-order valence-electron chi connectivity index (χ1n) is 18.4. The third-order valence-electron chi connectivity index (χ3n) is 11.0. The fourth-order valence-electron chi connectivity index (χ4n) is 7.85. The molecule has 3 aromatic carbocycles. The lowest BCUT2D eigenvalue weighted by atomic mass is 9.94. The van der Waals surface area contributed by atoms with Crippen LogP contribution in [0.15, 0.2) is 79.4 Å². The van der Waals surface area contributed by atoms with E-state index in [1.807, 2.05) is 62.1 Å². The van der Waals surface area contributed by atoms with Crippen molar-refractivity contribution in [2.24, 2.45) is 5.92 Å². The predicted octanol–water partition coefficient (Wildman–Crippen LogP) is 4.60. The molecule has 4 aliphatic rings. The second kappa shape index (κ2) is 14.4. The first kappa shape index (κ1) is 36.2. The van der Waals surface area contributed by atoms with E-state index in [0.717, 1.165) is 49.3 Å². The molecule has 4 aromatic rings. The molecule has 2 amide bonds. The topological polar surface area (TPSA) is 121 Å². The summed E-state index contributed by atoms with van der Waals surface area (Å²) in [7, 11) is 0. The number of carbonyl (C=O) groups excluding carboxylic acids is 1. The maximum atomic E-state index is 14.9. The Labute approximate surface area is 312 Å². The van der Waals surface area contributed by atoms with E-state index in [1.165, 1.54) is 29.5 Å². The average molecular weight is 746 g/mol. The van der Waals surface area contributed by atoms with Crippen molar-refractivity contribution < 1.29 is 37.6 Å². The Hall–Kier alpha value is -4.83. The number of aliphatic hydroxyl groups is 1. The van der Waals surface area contributed by atoms with Crippen LogP contribution in [-0.2, 0) is 26.4 Å². The summed E-state index contributed by atoms with van der Waals surface area (Å²) >= 11 is 0. The lowest BCUT2D eigenvalue weighted by molar-refractivity contribution is -0.117. The Balaban J connectivity index is 0.839. The normalized spacial score (nSPS) is 26.2. The fourth-order valence-corrected chi connectivity index (χ4v) is 7.85. The third-order valence-corrected chi connectivity index (χ3v) is 11.0. The number of nitrogens with zero attached hydrogens (tertiary/aromatic N) is 7. The molecule has 54 heavy (non-hydrogen) atoms. The first-order chi connectivity index (χ1) is 26.0. The van der Waals surface area contributed by atoms with Crippen molar-refractivity contribution >= 4 is 23.1 Å². The molecule has 3 unspecified atom stereocenters. The lowest BCUT2D eigenvalue weighted by Gasteiger charge is -2.37. The van der Waals surface area contributed by atoms with Gasteiger partial charge in [-0.25, -0.2) is 23.2 Å². The van der Waals surface area contributed by atoms with E-state index >= 15 is 0 Å². The van der Waals surface area contributed by atoms with Crippen LogP contribution < -0.4 is 19.4 Å². The molecule has 5 heterocycles. The van der Waals surface area contributed by atoms with E-state index in [2.05, 4.69) is 32.0 Å². The molecule has 8 rings (SSSR count). The minimum atomic E-state index is -1.24. The van der Waals surface area contributed by atoms with Crippen molar-refractivity contribution in [1.82, 2.24) is 19.7 Å². The van der Waals surface area contributed by atoms with Gasteiger partial charge in [0, 0.05) is 73.4 Å². The highest BCUT2D eigenvalue weighted by Crippen LogP contribution is 2.40. The van der Waals surface area contributed by atoms with Gasteiger partial charge in [-0.05, 0) is 68.4 Å². The summed E-state index contributed by atoms with van der Waals surface area (Å²) in [6.07, 6.45) is 2.09. The average Bonchev–Trinajstić information content (AvgIpc) is 3.48. The third kappa shape index (κ3) is 7.08. The van der Waals surface area contributed by atoms with Gasteiger partial charge in [0.25, 0.3) is 0 Å². The van der Waals surface area contributed by atoms with Crippen molar-refractivity contribution in [3.05, 3.63) is 96.6 Å². The number of aromatic nitrogens is 3. The number of urea groups is 1. The van der Waals surface area contributed by atoms with Crippen LogP contribution in [0.4, 0.5) is 30.6 Å². The molecule has 1 aromatic heterocycles. The fraction of sp³-hybridized carbons (Fsp3) is 0.462. The maximum absolute atomic E-state index is 14.9. The monoisotopic (exact) mass is 745 g/mol. The van der Waals surface area contributed by atoms with Crippen LogP contribution in [-0.4, -0.2) is 108 Å². The van der Waals surface area contributed by atoms with Crippen LogP contribution >= 0.6 is 0 Å². The van der Waals surface area contributed by atoms with Gasteiger partial charge >= 0.3 is 6.03 Å². The SMILES string of the molecule is CC(C)N1C(=O)N(c2ccc(N3CCN(c4ccc(OC[C@H]5OC[C@](Cn6cncn6)(c6ccc(F)cc6F)O5)cc4)CC3)cc2)CC1C(C)C1(O)CO1. The second-order valence-corrected chi connectivity index (χ2v) is 14.7. The summed E-state index contributed by atoms with van der Waals surface area (Å²) in [5, 5.41) is 14.7. The van der Waals surface area contributed by atoms with Gasteiger partial charge in [-0.1, -0.05) is 13.0 Å². The van der Waals surface area contributed by atoms with Crippen molar-refractivity contribution in [2.75, 3.05) is 67.2 Å². The Morgan fingerprint density at radius 1 is 0.926 bits per heavy atom. The number of halogens is 2. The molecule has 4 fully saturated rings. The van der Waals surface area contributed by atoms with Crippen LogP contribution in [0.1, 0.15) is 26.3 Å². The number of benzene rings is 3. The Morgan fingerprint density at radius 2 is 1.57 bits per heavy atom. The molecular formula is C39H45F2N7O6. The number of anilines is 3. The number of ether oxygens (including phenoxy) is 4. The summed E-state index contributed by atoms with van der Waals surface area (Å²) in [4.78, 5) is 25.8. The molecular weight excluding hydrogens is 700 g/mol. The van der Waals surface area contributed by atoms with Crippen molar-refractivity contribution in [3.63, 3.8) is 0 Å². The molecule has 13 nitrogen and oxygen atoms in total. The molecule has 0 aliphatic carbocycles. The lowest BCUT2D eigenvalue weighted by Crippen LogP contribution is -2.47. The molecule has 0 bridgehead atoms. The summed E-state index contributed by atoms with van der Waals surface area (Å²) in [6, 6.07) is 19.2. The Morgan fingerprint density at radius 3 is 2.17 bits per heavy atom. The molecule has 0 radical (unpaired) electrons. The van der Waals surface area contributed by atoms with Crippen molar-refractivity contribution in [2.45, 2.75) is 57.1 Å². The zero-order chi connectivity index (χ0) is 37.6. The van der Waals surface area contributed by atoms with Gasteiger partial charge in [-0.2, -0.15) is 5.10 Å². The van der Waals surface area contributed by atoms with Crippen LogP contribution in [0.25, 0.3) is 0 Å². The van der Waals surface area contributed by atoms with Gasteiger partial charge < -0.3 is 38.8 Å². The smallest absolute Gasteiger partial charge is 0.325 e. The molecule has 286 valence electrons. The van der Waals surface area contributed by atoms with Gasteiger partial charge in [0.2, 0.25) is 0 Å². The summed E-state index contributed by atoms with van der Waals surface area (Å²) < 4.78 is 53.7. The molecule has 1 N–H and O–H groups in total. The quantitative estimate of drug-likeness (QED) is 0.206. The van der Waals surface area contributed by atoms with Crippen molar-refractivity contribution in [3.8, 4) is 5.75 Å². The van der Waals surface area contributed by atoms with Crippen LogP contribution in [0.5, 0.6) is 5.75 Å². The molecule has 0 saturated carbocycles. The van der Waals surface area contributed by atoms with E-state index in [-0.39, 0.29) is 49.4 Å². The van der Waals surface area contributed by atoms with Gasteiger partial charge in [0.1, 0.15) is 48.9 Å². The van der Waals surface area contributed by atoms with Gasteiger partial charge in [-0.3, -0.25) is 4.90 Å². The summed E-state index contributed by atoms with van der Waals surface area (Å²) in [5.74, 6) is -2.12. The Kier molecular flexibility index (Phi) is 9.67. The first-order valence-corrected chi connectivity index (χ1v) is 18.4. The van der Waals surface area contributed by atoms with Crippen LogP contribution in [0.2, 0.25) is 0 Å². The predicted molar refractivity (Wildman–Crippen MR) is 195 cm³/mol. The van der Waals surface area contributed by atoms with Gasteiger partial charge in [0.05, 0.1) is 19.2 Å². The summed E-state index contributed by atoms with van der Waals surface area (Å²) in [5.41, 5.74) is 1.95. The number of hydrogen-bond acceptors (Lipinski definition) is 10. The molecule has 4 saturated heterocycles. The minimum absolute atomic E-state index is 0.000758. The van der Waals surface area contributed by atoms with Crippen molar-refractivity contribution in [1.29, 1.82) is 0 Å². The van der Waals surface area contributed by atoms with Crippen LogP contribution in [0, 0.1) is 17.6 Å². The number of epoxide rings is 1. The maximum Gasteiger partial charge on any atom is 0.325 e. The molecule has 15 heteroatoms. The van der Waals surface area contributed by atoms with E-state index in [4.69, 9.17) is 18.9 Å². The highest BCUT2D eigenvalue weighted by molar-refractivity contribution is 5.95. The van der Waals surface area contributed by atoms with Crippen LogP contribution in [0.3, 0.4) is 0 Å². The number of carbonyl (C=O) groups is 1. The molecule has 4 aliphatic heterocycles. The number of hydrogen-bond donors (Lipinski definition) is 1. The zero-order valence-electron chi connectivity index (χ0n) is 30.6. The molecule has 5 atom stereocenters. The Bertz CT molecular complexity index is 1920. The van der Waals surface area contributed by atoms with E-state index in [9.17, 15) is 18.7 Å². The molecule has 0 spiro atoms. The van der Waals surface area contributed by atoms with E-state index < -0.39 is 29.3 Å². The zero-order valence-corrected chi connectivity index (χ0v) is 30.6. The highest BCUT2D eigenvalue weighted by atomic mass is 19.1. The number of amides is 2. The van der Waals surface area contributed by atoms with Gasteiger partial charge in [-0.15, -0.1) is 0 Å². The van der Waals surface area contributed by atoms with Gasteiger partial charge in [0.15, 0.2) is 12.1 Å². The second-order valence-electron chi connectivity index (χ2n) is 14.7. The number of rotatable bonds is 12. The van der Waals surface area contributed by atoms with E-state index in [1.54, 1.807) is 4.90 Å². The number of piperazine rings is 1. The largest absolute Gasteiger partial charge is 0.488 e.